The zero-order chi connectivity index (χ0) is 13.5. The highest BCUT2D eigenvalue weighted by Crippen LogP contribution is 2.33. The van der Waals surface area contributed by atoms with Crippen LogP contribution >= 0.6 is 23.1 Å². The summed E-state index contributed by atoms with van der Waals surface area (Å²) in [6.45, 7) is 6.86. The predicted octanol–water partition coefficient (Wildman–Crippen LogP) is 2.36. The van der Waals surface area contributed by atoms with Gasteiger partial charge in [0.05, 0.1) is 10.4 Å². The fourth-order valence-electron chi connectivity index (χ4n) is 2.75. The third-order valence-corrected chi connectivity index (χ3v) is 6.12. The van der Waals surface area contributed by atoms with Crippen molar-refractivity contribution in [1.29, 1.82) is 0 Å². The van der Waals surface area contributed by atoms with Gasteiger partial charge in [0.15, 0.2) is 0 Å². The number of thiophene rings is 1. The van der Waals surface area contributed by atoms with Gasteiger partial charge in [-0.2, -0.15) is 11.8 Å². The van der Waals surface area contributed by atoms with E-state index in [0.717, 1.165) is 36.7 Å². The number of nitrogens with one attached hydrogen (secondary N) is 1. The molecule has 19 heavy (non-hydrogen) atoms. The summed E-state index contributed by atoms with van der Waals surface area (Å²) in [6.07, 6.45) is 1.13. The Morgan fingerprint density at radius 3 is 3.05 bits per heavy atom. The number of amides is 1. The lowest BCUT2D eigenvalue weighted by molar-refractivity contribution is 0.0482. The molecule has 104 valence electrons. The lowest BCUT2D eigenvalue weighted by atomic mass is 10.00. The average molecular weight is 296 g/mol. The van der Waals surface area contributed by atoms with Crippen molar-refractivity contribution in [1.82, 2.24) is 10.2 Å². The standard InChI is InChI=1S/C14H20N2OS2/c1-14(2)9-15-4-5-16(14)13(17)12-7-10-8-18-6-3-11(10)19-12/h7,15H,3-6,8-9H2,1-2H3. The van der Waals surface area contributed by atoms with Gasteiger partial charge >= 0.3 is 0 Å². The van der Waals surface area contributed by atoms with E-state index in [2.05, 4.69) is 25.2 Å². The quantitative estimate of drug-likeness (QED) is 0.863. The van der Waals surface area contributed by atoms with E-state index < -0.39 is 0 Å². The van der Waals surface area contributed by atoms with Gasteiger partial charge in [-0.1, -0.05) is 0 Å². The summed E-state index contributed by atoms with van der Waals surface area (Å²) >= 11 is 3.68. The first-order valence-corrected chi connectivity index (χ1v) is 8.77. The monoisotopic (exact) mass is 296 g/mol. The molecule has 1 saturated heterocycles. The molecule has 0 atom stereocenters. The number of carbonyl (C=O) groups excluding carboxylic acids is 1. The van der Waals surface area contributed by atoms with Crippen LogP contribution in [0.3, 0.4) is 0 Å². The fourth-order valence-corrected chi connectivity index (χ4v) is 5.07. The number of thioether (sulfide) groups is 1. The second-order valence-electron chi connectivity index (χ2n) is 5.81. The molecule has 3 rings (SSSR count). The van der Waals surface area contributed by atoms with Gasteiger partial charge in [0.1, 0.15) is 0 Å². The molecule has 0 radical (unpaired) electrons. The summed E-state index contributed by atoms with van der Waals surface area (Å²) in [6, 6.07) is 2.13. The highest BCUT2D eigenvalue weighted by Gasteiger charge is 2.34. The molecule has 0 bridgehead atoms. The molecule has 1 N–H and O–H groups in total. The van der Waals surface area contributed by atoms with Crippen molar-refractivity contribution in [3.8, 4) is 0 Å². The van der Waals surface area contributed by atoms with E-state index in [-0.39, 0.29) is 11.4 Å². The summed E-state index contributed by atoms with van der Waals surface area (Å²) in [4.78, 5) is 17.1. The van der Waals surface area contributed by atoms with Crippen molar-refractivity contribution in [3.05, 3.63) is 21.4 Å². The normalized spacial score (nSPS) is 22.1. The first kappa shape index (κ1) is 13.5. The van der Waals surface area contributed by atoms with Crippen LogP contribution in [0.4, 0.5) is 0 Å². The maximum atomic E-state index is 12.7. The number of nitrogens with zero attached hydrogens (tertiary/aromatic N) is 1. The van der Waals surface area contributed by atoms with Crippen molar-refractivity contribution in [2.45, 2.75) is 31.6 Å². The van der Waals surface area contributed by atoms with Gasteiger partial charge in [-0.3, -0.25) is 4.79 Å². The van der Waals surface area contributed by atoms with Gasteiger partial charge in [-0.05, 0) is 37.7 Å². The second kappa shape index (κ2) is 5.11. The minimum Gasteiger partial charge on any atom is -0.330 e. The number of piperazine rings is 1. The predicted molar refractivity (Wildman–Crippen MR) is 82.2 cm³/mol. The van der Waals surface area contributed by atoms with Gasteiger partial charge in [0.2, 0.25) is 0 Å². The third-order valence-electron chi connectivity index (χ3n) is 3.88. The van der Waals surface area contributed by atoms with E-state index in [1.807, 2.05) is 16.7 Å². The molecule has 0 saturated carbocycles. The van der Waals surface area contributed by atoms with Crippen molar-refractivity contribution in [2.24, 2.45) is 0 Å². The average Bonchev–Trinajstić information content (AvgIpc) is 2.81. The molecular weight excluding hydrogens is 276 g/mol. The Bertz CT molecular complexity index is 472. The van der Waals surface area contributed by atoms with Crippen LogP contribution in [0.5, 0.6) is 0 Å². The Morgan fingerprint density at radius 2 is 2.32 bits per heavy atom. The van der Waals surface area contributed by atoms with Crippen LogP contribution < -0.4 is 5.32 Å². The van der Waals surface area contributed by atoms with Gasteiger partial charge in [-0.25, -0.2) is 0 Å². The molecule has 1 aromatic heterocycles. The first-order chi connectivity index (χ1) is 9.08. The van der Waals surface area contributed by atoms with Crippen molar-refractivity contribution in [3.63, 3.8) is 0 Å². The minimum atomic E-state index is -0.0887. The van der Waals surface area contributed by atoms with Crippen LogP contribution in [0.2, 0.25) is 0 Å². The van der Waals surface area contributed by atoms with Crippen LogP contribution in [0.15, 0.2) is 6.07 Å². The number of hydrogen-bond acceptors (Lipinski definition) is 4. The molecule has 1 fully saturated rings. The lowest BCUT2D eigenvalue weighted by Crippen LogP contribution is -2.59. The van der Waals surface area contributed by atoms with E-state index in [0.29, 0.717) is 0 Å². The summed E-state index contributed by atoms with van der Waals surface area (Å²) in [5.41, 5.74) is 1.30. The smallest absolute Gasteiger partial charge is 0.264 e. The number of rotatable bonds is 1. The summed E-state index contributed by atoms with van der Waals surface area (Å²) in [5, 5.41) is 3.37. The van der Waals surface area contributed by atoms with E-state index in [9.17, 15) is 4.79 Å². The summed E-state index contributed by atoms with van der Waals surface area (Å²) in [5.74, 6) is 2.49. The van der Waals surface area contributed by atoms with Gasteiger partial charge in [0.25, 0.3) is 5.91 Å². The van der Waals surface area contributed by atoms with Crippen LogP contribution in [0, 0.1) is 0 Å². The molecule has 1 aromatic rings. The van der Waals surface area contributed by atoms with E-state index in [1.54, 1.807) is 11.3 Å². The number of hydrogen-bond donors (Lipinski definition) is 1. The molecule has 2 aliphatic rings. The Hall–Kier alpha value is -0.520. The van der Waals surface area contributed by atoms with Crippen molar-refractivity contribution >= 4 is 29.0 Å². The van der Waals surface area contributed by atoms with Crippen molar-refractivity contribution < 1.29 is 4.79 Å². The number of aryl methyl sites for hydroxylation is 1. The van der Waals surface area contributed by atoms with Crippen LogP contribution in [0.1, 0.15) is 34.0 Å². The van der Waals surface area contributed by atoms with Crippen LogP contribution in [0.25, 0.3) is 0 Å². The molecule has 0 aliphatic carbocycles. The number of fused-ring (bicyclic) bond motifs is 1. The van der Waals surface area contributed by atoms with Gasteiger partial charge in [-0.15, -0.1) is 11.3 Å². The van der Waals surface area contributed by atoms with Crippen LogP contribution in [-0.4, -0.2) is 41.7 Å². The highest BCUT2D eigenvalue weighted by molar-refractivity contribution is 7.98. The zero-order valence-corrected chi connectivity index (χ0v) is 13.1. The molecule has 2 aliphatic heterocycles. The Labute approximate surface area is 122 Å². The molecule has 0 aromatic carbocycles. The Kier molecular flexibility index (Phi) is 3.62. The Balaban J connectivity index is 1.85. The minimum absolute atomic E-state index is 0.0887. The molecule has 0 unspecified atom stereocenters. The fraction of sp³-hybridized carbons (Fsp3) is 0.643. The SMILES string of the molecule is CC1(C)CNCCN1C(=O)c1cc2c(s1)CCSC2. The molecule has 3 nitrogen and oxygen atoms in total. The molecule has 0 spiro atoms. The molecule has 5 heteroatoms. The van der Waals surface area contributed by atoms with E-state index in [1.165, 1.54) is 16.2 Å². The maximum Gasteiger partial charge on any atom is 0.264 e. The van der Waals surface area contributed by atoms with E-state index in [4.69, 9.17) is 0 Å². The largest absolute Gasteiger partial charge is 0.330 e. The summed E-state index contributed by atoms with van der Waals surface area (Å²) < 4.78 is 0. The zero-order valence-electron chi connectivity index (χ0n) is 11.5. The second-order valence-corrected chi connectivity index (χ2v) is 8.05. The lowest BCUT2D eigenvalue weighted by Gasteiger charge is -2.42. The van der Waals surface area contributed by atoms with Crippen LogP contribution in [-0.2, 0) is 12.2 Å². The molecule has 3 heterocycles. The molecule has 1 amide bonds. The first-order valence-electron chi connectivity index (χ1n) is 6.80. The van der Waals surface area contributed by atoms with Crippen molar-refractivity contribution in [2.75, 3.05) is 25.4 Å². The summed E-state index contributed by atoms with van der Waals surface area (Å²) in [7, 11) is 0. The molecular formula is C14H20N2OS2. The topological polar surface area (TPSA) is 32.3 Å². The Morgan fingerprint density at radius 1 is 1.47 bits per heavy atom. The van der Waals surface area contributed by atoms with E-state index >= 15 is 0 Å². The third kappa shape index (κ3) is 2.56. The maximum absolute atomic E-state index is 12.7. The van der Waals surface area contributed by atoms with Gasteiger partial charge in [0, 0.05) is 30.3 Å². The number of carbonyl (C=O) groups is 1. The highest BCUT2D eigenvalue weighted by atomic mass is 32.2. The van der Waals surface area contributed by atoms with Gasteiger partial charge < -0.3 is 10.2 Å².